The van der Waals surface area contributed by atoms with Crippen LogP contribution >= 0.6 is 0 Å². The molecule has 1 aromatic carbocycles. The fourth-order valence-corrected chi connectivity index (χ4v) is 3.89. The first kappa shape index (κ1) is 14.5. The van der Waals surface area contributed by atoms with E-state index in [1.54, 1.807) is 7.11 Å². The summed E-state index contributed by atoms with van der Waals surface area (Å²) in [6.07, 6.45) is 3.55. The van der Waals surface area contributed by atoms with Crippen LogP contribution < -0.4 is 9.64 Å². The Kier molecular flexibility index (Phi) is 3.32. The van der Waals surface area contributed by atoms with Crippen LogP contribution in [0.2, 0.25) is 0 Å². The molecule has 1 saturated carbocycles. The standard InChI is InChI=1S/C18H22N2O3/c1-23-15-4-2-3-14(9-15)20-12-18(10-16(20)21)7-8-19(11-18)17(22)13-5-6-13/h2-4,9,13H,5-8,10-12H2,1H3. The summed E-state index contributed by atoms with van der Waals surface area (Å²) < 4.78 is 5.26. The van der Waals surface area contributed by atoms with Gasteiger partial charge in [-0.25, -0.2) is 0 Å². The molecule has 1 aromatic rings. The lowest BCUT2D eigenvalue weighted by atomic mass is 9.86. The van der Waals surface area contributed by atoms with Crippen LogP contribution in [0.15, 0.2) is 24.3 Å². The van der Waals surface area contributed by atoms with Gasteiger partial charge in [0.2, 0.25) is 11.8 Å². The molecule has 3 fully saturated rings. The monoisotopic (exact) mass is 314 g/mol. The van der Waals surface area contributed by atoms with E-state index in [0.29, 0.717) is 18.9 Å². The van der Waals surface area contributed by atoms with Gasteiger partial charge in [-0.05, 0) is 31.4 Å². The number of carbonyl (C=O) groups excluding carboxylic acids is 2. The van der Waals surface area contributed by atoms with Gasteiger partial charge in [-0.1, -0.05) is 6.07 Å². The molecule has 1 unspecified atom stereocenters. The van der Waals surface area contributed by atoms with Gasteiger partial charge in [0.1, 0.15) is 5.75 Å². The molecule has 2 amide bonds. The van der Waals surface area contributed by atoms with Gasteiger partial charge in [0.25, 0.3) is 0 Å². The molecule has 5 nitrogen and oxygen atoms in total. The van der Waals surface area contributed by atoms with Crippen molar-refractivity contribution in [3.8, 4) is 5.75 Å². The molecule has 122 valence electrons. The quantitative estimate of drug-likeness (QED) is 0.858. The van der Waals surface area contributed by atoms with E-state index in [0.717, 1.165) is 43.8 Å². The second-order valence-corrected chi connectivity index (χ2v) is 7.14. The third-order valence-corrected chi connectivity index (χ3v) is 5.36. The summed E-state index contributed by atoms with van der Waals surface area (Å²) in [5, 5.41) is 0. The van der Waals surface area contributed by atoms with Crippen molar-refractivity contribution in [2.75, 3.05) is 31.6 Å². The molecule has 1 spiro atoms. The Bertz CT molecular complexity index is 655. The van der Waals surface area contributed by atoms with Crippen LogP contribution in [0.25, 0.3) is 0 Å². The van der Waals surface area contributed by atoms with Gasteiger partial charge < -0.3 is 14.5 Å². The third-order valence-electron chi connectivity index (χ3n) is 5.36. The Hall–Kier alpha value is -2.04. The number of rotatable bonds is 3. The van der Waals surface area contributed by atoms with Gasteiger partial charge in [-0.2, -0.15) is 0 Å². The lowest BCUT2D eigenvalue weighted by Crippen LogP contribution is -2.34. The first-order valence-corrected chi connectivity index (χ1v) is 8.33. The maximum Gasteiger partial charge on any atom is 0.227 e. The predicted octanol–water partition coefficient (Wildman–Crippen LogP) is 2.06. The van der Waals surface area contributed by atoms with Crippen molar-refractivity contribution in [3.05, 3.63) is 24.3 Å². The molecule has 5 heteroatoms. The van der Waals surface area contributed by atoms with Gasteiger partial charge in [-0.3, -0.25) is 9.59 Å². The van der Waals surface area contributed by atoms with Crippen molar-refractivity contribution in [1.82, 2.24) is 4.90 Å². The molecule has 0 aromatic heterocycles. The molecule has 4 rings (SSSR count). The maximum atomic E-state index is 12.5. The average Bonchev–Trinajstić information content (AvgIpc) is 3.26. The molecule has 2 heterocycles. The Balaban J connectivity index is 1.50. The number of hydrogen-bond acceptors (Lipinski definition) is 3. The number of methoxy groups -OCH3 is 1. The molecular formula is C18H22N2O3. The maximum absolute atomic E-state index is 12.5. The Morgan fingerprint density at radius 2 is 2.13 bits per heavy atom. The van der Waals surface area contributed by atoms with Crippen LogP contribution in [0.5, 0.6) is 5.75 Å². The van der Waals surface area contributed by atoms with Crippen LogP contribution in [0.4, 0.5) is 5.69 Å². The van der Waals surface area contributed by atoms with Crippen molar-refractivity contribution >= 4 is 17.5 Å². The number of hydrogen-bond donors (Lipinski definition) is 0. The van der Waals surface area contributed by atoms with Crippen molar-refractivity contribution in [1.29, 1.82) is 0 Å². The molecule has 0 bridgehead atoms. The fourth-order valence-electron chi connectivity index (χ4n) is 3.89. The highest BCUT2D eigenvalue weighted by Gasteiger charge is 2.50. The zero-order valence-electron chi connectivity index (χ0n) is 13.5. The normalized spacial score (nSPS) is 27.1. The van der Waals surface area contributed by atoms with Gasteiger partial charge >= 0.3 is 0 Å². The number of carbonyl (C=O) groups is 2. The number of anilines is 1. The van der Waals surface area contributed by atoms with E-state index >= 15 is 0 Å². The van der Waals surface area contributed by atoms with Crippen molar-refractivity contribution < 1.29 is 14.3 Å². The molecule has 1 aliphatic carbocycles. The van der Waals surface area contributed by atoms with Crippen LogP contribution in [-0.4, -0.2) is 43.5 Å². The van der Waals surface area contributed by atoms with E-state index in [1.165, 1.54) is 0 Å². The topological polar surface area (TPSA) is 49.9 Å². The first-order chi connectivity index (χ1) is 11.1. The fraction of sp³-hybridized carbons (Fsp3) is 0.556. The van der Waals surface area contributed by atoms with Gasteiger partial charge in [0.15, 0.2) is 0 Å². The van der Waals surface area contributed by atoms with E-state index in [4.69, 9.17) is 4.74 Å². The predicted molar refractivity (Wildman–Crippen MR) is 86.3 cm³/mol. The first-order valence-electron chi connectivity index (χ1n) is 8.33. The summed E-state index contributed by atoms with van der Waals surface area (Å²) in [5.41, 5.74) is 0.822. The van der Waals surface area contributed by atoms with Gasteiger partial charge in [0.05, 0.1) is 7.11 Å². The molecule has 2 saturated heterocycles. The molecule has 0 radical (unpaired) electrons. The lowest BCUT2D eigenvalue weighted by molar-refractivity contribution is -0.132. The average molecular weight is 314 g/mol. The number of ether oxygens (including phenoxy) is 1. The van der Waals surface area contributed by atoms with E-state index in [-0.39, 0.29) is 17.2 Å². The minimum Gasteiger partial charge on any atom is -0.497 e. The highest BCUT2D eigenvalue weighted by atomic mass is 16.5. The highest BCUT2D eigenvalue weighted by molar-refractivity contribution is 5.96. The summed E-state index contributed by atoms with van der Waals surface area (Å²) in [6, 6.07) is 7.63. The molecule has 2 aliphatic heterocycles. The number of benzene rings is 1. The Morgan fingerprint density at radius 1 is 1.30 bits per heavy atom. The van der Waals surface area contributed by atoms with E-state index in [9.17, 15) is 9.59 Å². The van der Waals surface area contributed by atoms with Gasteiger partial charge in [-0.15, -0.1) is 0 Å². The molecule has 0 N–H and O–H groups in total. The van der Waals surface area contributed by atoms with E-state index in [1.807, 2.05) is 34.1 Å². The van der Waals surface area contributed by atoms with Crippen LogP contribution in [-0.2, 0) is 9.59 Å². The summed E-state index contributed by atoms with van der Waals surface area (Å²) in [6.45, 7) is 2.23. The molecule has 1 atom stereocenters. The summed E-state index contributed by atoms with van der Waals surface area (Å²) >= 11 is 0. The van der Waals surface area contributed by atoms with Gasteiger partial charge in [0, 0.05) is 49.1 Å². The minimum atomic E-state index is -0.0648. The highest BCUT2D eigenvalue weighted by Crippen LogP contribution is 2.43. The van der Waals surface area contributed by atoms with E-state index in [2.05, 4.69) is 0 Å². The zero-order valence-corrected chi connectivity index (χ0v) is 13.5. The molecule has 3 aliphatic rings. The largest absolute Gasteiger partial charge is 0.497 e. The van der Waals surface area contributed by atoms with Crippen molar-refractivity contribution in [3.63, 3.8) is 0 Å². The molecular weight excluding hydrogens is 292 g/mol. The molecule has 23 heavy (non-hydrogen) atoms. The summed E-state index contributed by atoms with van der Waals surface area (Å²) in [7, 11) is 1.63. The van der Waals surface area contributed by atoms with Crippen LogP contribution in [0.1, 0.15) is 25.7 Å². The number of amides is 2. The van der Waals surface area contributed by atoms with Crippen molar-refractivity contribution in [2.24, 2.45) is 11.3 Å². The van der Waals surface area contributed by atoms with Crippen LogP contribution in [0.3, 0.4) is 0 Å². The van der Waals surface area contributed by atoms with Crippen LogP contribution in [0, 0.1) is 11.3 Å². The Labute approximate surface area is 136 Å². The SMILES string of the molecule is COc1cccc(N2CC3(CCN(C(=O)C4CC4)C3)CC2=O)c1. The second kappa shape index (κ2) is 5.25. The number of likely N-dealkylation sites (tertiary alicyclic amines) is 1. The summed E-state index contributed by atoms with van der Waals surface area (Å²) in [4.78, 5) is 28.7. The number of nitrogens with zero attached hydrogens (tertiary/aromatic N) is 2. The second-order valence-electron chi connectivity index (χ2n) is 7.14. The minimum absolute atomic E-state index is 0.0648. The summed E-state index contributed by atoms with van der Waals surface area (Å²) in [5.74, 6) is 1.47. The van der Waals surface area contributed by atoms with Crippen molar-refractivity contribution in [2.45, 2.75) is 25.7 Å². The smallest absolute Gasteiger partial charge is 0.227 e. The Morgan fingerprint density at radius 3 is 2.87 bits per heavy atom. The zero-order chi connectivity index (χ0) is 16.0. The van der Waals surface area contributed by atoms with E-state index < -0.39 is 0 Å². The third kappa shape index (κ3) is 2.58. The lowest BCUT2D eigenvalue weighted by Gasteiger charge is -2.24.